The van der Waals surface area contributed by atoms with Crippen molar-refractivity contribution in [2.24, 2.45) is 0 Å². The highest BCUT2D eigenvalue weighted by Crippen LogP contribution is 2.29. The van der Waals surface area contributed by atoms with Crippen molar-refractivity contribution in [2.45, 2.75) is 38.8 Å². The molecule has 2 amide bonds. The van der Waals surface area contributed by atoms with Crippen LogP contribution in [0, 0.1) is 6.92 Å². The van der Waals surface area contributed by atoms with Gasteiger partial charge in [-0.3, -0.25) is 9.48 Å². The first-order valence-electron chi connectivity index (χ1n) is 8.41. The zero-order chi connectivity index (χ0) is 17.2. The van der Waals surface area contributed by atoms with Gasteiger partial charge in [0.1, 0.15) is 11.3 Å². The molecular weight excluding hydrogens is 312 g/mol. The Morgan fingerprint density at radius 2 is 2.38 bits per heavy atom. The van der Waals surface area contributed by atoms with Crippen LogP contribution in [0.5, 0.6) is 0 Å². The highest BCUT2D eigenvalue weighted by molar-refractivity contribution is 5.93. The van der Waals surface area contributed by atoms with Crippen LogP contribution in [0.25, 0.3) is 0 Å². The predicted molar refractivity (Wildman–Crippen MR) is 85.8 cm³/mol. The molecule has 1 aromatic heterocycles. The fourth-order valence-corrected chi connectivity index (χ4v) is 3.35. The van der Waals surface area contributed by atoms with E-state index in [9.17, 15) is 9.59 Å². The molecule has 3 rings (SSSR count). The third-order valence-electron chi connectivity index (χ3n) is 4.46. The molecule has 1 spiro atoms. The van der Waals surface area contributed by atoms with Gasteiger partial charge in [0.05, 0.1) is 31.9 Å². The molecule has 1 aromatic rings. The van der Waals surface area contributed by atoms with Gasteiger partial charge < -0.3 is 19.7 Å². The van der Waals surface area contributed by atoms with Gasteiger partial charge in [-0.15, -0.1) is 0 Å². The molecule has 1 unspecified atom stereocenters. The summed E-state index contributed by atoms with van der Waals surface area (Å²) in [6.45, 7) is 7.03. The normalized spacial score (nSPS) is 23.4. The Kier molecular flexibility index (Phi) is 4.75. The monoisotopic (exact) mass is 336 g/mol. The first-order chi connectivity index (χ1) is 11.5. The van der Waals surface area contributed by atoms with E-state index in [0.717, 1.165) is 18.5 Å². The molecule has 3 heterocycles. The number of piperidine rings is 1. The highest BCUT2D eigenvalue weighted by Gasteiger charge is 2.45. The Bertz CT molecular complexity index is 630. The van der Waals surface area contributed by atoms with Crippen LogP contribution >= 0.6 is 0 Å². The van der Waals surface area contributed by atoms with E-state index in [0.29, 0.717) is 45.1 Å². The smallest absolute Gasteiger partial charge is 0.407 e. The maximum absolute atomic E-state index is 13.0. The van der Waals surface area contributed by atoms with E-state index in [1.54, 1.807) is 15.6 Å². The second-order valence-corrected chi connectivity index (χ2v) is 6.35. The number of nitrogens with zero attached hydrogens (tertiary/aromatic N) is 3. The van der Waals surface area contributed by atoms with Crippen molar-refractivity contribution < 1.29 is 19.1 Å². The van der Waals surface area contributed by atoms with Gasteiger partial charge in [0.25, 0.3) is 5.91 Å². The zero-order valence-corrected chi connectivity index (χ0v) is 14.2. The SMILES string of the molecule is CCOCCn1nc(C)cc1C(=O)N1CCCC2(CNC(=O)O2)C1. The summed E-state index contributed by atoms with van der Waals surface area (Å²) in [4.78, 5) is 26.1. The summed E-state index contributed by atoms with van der Waals surface area (Å²) < 4.78 is 12.5. The molecule has 2 aliphatic heterocycles. The topological polar surface area (TPSA) is 85.7 Å². The lowest BCUT2D eigenvalue weighted by Gasteiger charge is -2.38. The second-order valence-electron chi connectivity index (χ2n) is 6.35. The predicted octanol–water partition coefficient (Wildman–Crippen LogP) is 0.943. The summed E-state index contributed by atoms with van der Waals surface area (Å²) in [6, 6.07) is 1.80. The highest BCUT2D eigenvalue weighted by atomic mass is 16.6. The van der Waals surface area contributed by atoms with Crippen LogP contribution in [0.2, 0.25) is 0 Å². The summed E-state index contributed by atoms with van der Waals surface area (Å²) in [5, 5.41) is 7.09. The first-order valence-corrected chi connectivity index (χ1v) is 8.41. The number of nitrogens with one attached hydrogen (secondary N) is 1. The minimum absolute atomic E-state index is 0.0749. The van der Waals surface area contributed by atoms with Crippen molar-refractivity contribution in [2.75, 3.05) is 32.8 Å². The summed E-state index contributed by atoms with van der Waals surface area (Å²) in [7, 11) is 0. The average Bonchev–Trinajstić information content (AvgIpc) is 3.10. The Morgan fingerprint density at radius 3 is 3.08 bits per heavy atom. The lowest BCUT2D eigenvalue weighted by Crippen LogP contribution is -2.52. The van der Waals surface area contributed by atoms with Crippen LogP contribution in [-0.4, -0.2) is 65.1 Å². The number of carbonyl (C=O) groups excluding carboxylic acids is 2. The van der Waals surface area contributed by atoms with E-state index in [4.69, 9.17) is 9.47 Å². The number of hydrogen-bond acceptors (Lipinski definition) is 5. The molecule has 24 heavy (non-hydrogen) atoms. The van der Waals surface area contributed by atoms with E-state index >= 15 is 0 Å². The average molecular weight is 336 g/mol. The number of hydrogen-bond donors (Lipinski definition) is 1. The van der Waals surface area contributed by atoms with Gasteiger partial charge in [0.2, 0.25) is 0 Å². The van der Waals surface area contributed by atoms with Gasteiger partial charge in [-0.25, -0.2) is 4.79 Å². The number of rotatable bonds is 5. The van der Waals surface area contributed by atoms with Crippen molar-refractivity contribution in [3.05, 3.63) is 17.5 Å². The number of likely N-dealkylation sites (tertiary alicyclic amines) is 1. The van der Waals surface area contributed by atoms with Crippen LogP contribution in [0.3, 0.4) is 0 Å². The second kappa shape index (κ2) is 6.80. The molecule has 8 heteroatoms. The number of aryl methyl sites for hydroxylation is 1. The summed E-state index contributed by atoms with van der Waals surface area (Å²) in [6.07, 6.45) is 1.19. The molecule has 2 aliphatic rings. The number of alkyl carbamates (subject to hydrolysis) is 1. The Labute approximate surface area is 141 Å². The number of amides is 2. The van der Waals surface area contributed by atoms with Gasteiger partial charge in [-0.2, -0.15) is 5.10 Å². The van der Waals surface area contributed by atoms with E-state index in [1.807, 2.05) is 13.8 Å². The van der Waals surface area contributed by atoms with Crippen LogP contribution < -0.4 is 5.32 Å². The summed E-state index contributed by atoms with van der Waals surface area (Å²) >= 11 is 0. The van der Waals surface area contributed by atoms with Gasteiger partial charge in [0, 0.05) is 13.2 Å². The molecule has 1 N–H and O–H groups in total. The van der Waals surface area contributed by atoms with Crippen molar-refractivity contribution in [3.8, 4) is 0 Å². The van der Waals surface area contributed by atoms with E-state index in [-0.39, 0.29) is 5.91 Å². The minimum atomic E-state index is -0.587. The largest absolute Gasteiger partial charge is 0.439 e. The first kappa shape index (κ1) is 16.8. The van der Waals surface area contributed by atoms with Crippen LogP contribution in [-0.2, 0) is 16.0 Å². The molecule has 0 saturated carbocycles. The maximum Gasteiger partial charge on any atom is 0.407 e. The molecule has 1 atom stereocenters. The van der Waals surface area contributed by atoms with Crippen LogP contribution in [0.15, 0.2) is 6.07 Å². The van der Waals surface area contributed by atoms with Gasteiger partial charge >= 0.3 is 6.09 Å². The fourth-order valence-electron chi connectivity index (χ4n) is 3.35. The minimum Gasteiger partial charge on any atom is -0.439 e. The van der Waals surface area contributed by atoms with Crippen molar-refractivity contribution in [1.29, 1.82) is 0 Å². The lowest BCUT2D eigenvalue weighted by molar-refractivity contribution is -0.00552. The van der Waals surface area contributed by atoms with Crippen molar-refractivity contribution >= 4 is 12.0 Å². The number of aromatic nitrogens is 2. The molecule has 132 valence electrons. The molecule has 2 fully saturated rings. The third kappa shape index (κ3) is 3.38. The van der Waals surface area contributed by atoms with Crippen molar-refractivity contribution in [3.63, 3.8) is 0 Å². The van der Waals surface area contributed by atoms with Crippen LogP contribution in [0.1, 0.15) is 35.9 Å². The van der Waals surface area contributed by atoms with E-state index in [2.05, 4.69) is 10.4 Å². The van der Waals surface area contributed by atoms with Crippen molar-refractivity contribution in [1.82, 2.24) is 20.0 Å². The summed E-state index contributed by atoms with van der Waals surface area (Å²) in [5.41, 5.74) is 0.771. The van der Waals surface area contributed by atoms with Crippen LogP contribution in [0.4, 0.5) is 4.79 Å². The van der Waals surface area contributed by atoms with Gasteiger partial charge in [-0.05, 0) is 32.8 Å². The zero-order valence-electron chi connectivity index (χ0n) is 14.2. The molecule has 2 saturated heterocycles. The molecular formula is C16H24N4O4. The Hall–Kier alpha value is -2.09. The quantitative estimate of drug-likeness (QED) is 0.809. The lowest BCUT2D eigenvalue weighted by atomic mass is 9.93. The molecule has 0 bridgehead atoms. The number of carbonyl (C=O) groups is 2. The molecule has 0 aromatic carbocycles. The molecule has 0 aliphatic carbocycles. The third-order valence-corrected chi connectivity index (χ3v) is 4.46. The Morgan fingerprint density at radius 1 is 1.54 bits per heavy atom. The van der Waals surface area contributed by atoms with Gasteiger partial charge in [-0.1, -0.05) is 0 Å². The maximum atomic E-state index is 13.0. The molecule has 0 radical (unpaired) electrons. The standard InChI is InChI=1S/C16H24N4O4/c1-3-23-8-7-20-13(9-12(2)18-20)14(21)19-6-4-5-16(11-19)10-17-15(22)24-16/h9H,3-8,10-11H2,1-2H3,(H,17,22). The van der Waals surface area contributed by atoms with E-state index in [1.165, 1.54) is 0 Å². The van der Waals surface area contributed by atoms with Gasteiger partial charge in [0.15, 0.2) is 0 Å². The summed E-state index contributed by atoms with van der Waals surface area (Å²) in [5.74, 6) is -0.0749. The Balaban J connectivity index is 1.73. The molecule has 8 nitrogen and oxygen atoms in total. The van der Waals surface area contributed by atoms with E-state index < -0.39 is 11.7 Å². The fraction of sp³-hybridized carbons (Fsp3) is 0.688. The number of ether oxygens (including phenoxy) is 2.